The zero-order valence-electron chi connectivity index (χ0n) is 11.6. The summed E-state index contributed by atoms with van der Waals surface area (Å²) in [5, 5.41) is 11.4. The van der Waals surface area contributed by atoms with Crippen LogP contribution in [0.3, 0.4) is 0 Å². The van der Waals surface area contributed by atoms with Gasteiger partial charge in [-0.3, -0.25) is 5.32 Å². The van der Waals surface area contributed by atoms with Gasteiger partial charge in [0.25, 0.3) is 0 Å². The number of anilines is 1. The van der Waals surface area contributed by atoms with Crippen LogP contribution in [0, 0.1) is 11.3 Å². The number of hydrogen-bond acceptors (Lipinski definition) is 4. The molecule has 1 rings (SSSR count). The summed E-state index contributed by atoms with van der Waals surface area (Å²) in [5.41, 5.74) is 0.741. The largest absolute Gasteiger partial charge is 0.496 e. The van der Waals surface area contributed by atoms with Gasteiger partial charge in [-0.2, -0.15) is 5.26 Å². The topological polar surface area (TPSA) is 71.3 Å². The molecule has 0 heterocycles. The first-order valence-corrected chi connectivity index (χ1v) is 5.89. The molecule has 0 spiro atoms. The molecule has 1 aromatic carbocycles. The lowest BCUT2D eigenvalue weighted by molar-refractivity contribution is 0.0636. The molecule has 0 aliphatic heterocycles. The van der Waals surface area contributed by atoms with E-state index < -0.39 is 11.7 Å². The summed E-state index contributed by atoms with van der Waals surface area (Å²) in [6.45, 7) is 5.38. The summed E-state index contributed by atoms with van der Waals surface area (Å²) in [4.78, 5) is 11.6. The second-order valence-electron chi connectivity index (χ2n) is 4.99. The highest BCUT2D eigenvalue weighted by molar-refractivity contribution is 5.85. The van der Waals surface area contributed by atoms with Crippen LogP contribution in [-0.4, -0.2) is 18.8 Å². The molecule has 0 unspecified atom stereocenters. The summed E-state index contributed by atoms with van der Waals surface area (Å²) in [5.74, 6) is 0.622. The lowest BCUT2D eigenvalue weighted by Crippen LogP contribution is -2.27. The van der Waals surface area contributed by atoms with Gasteiger partial charge in [-0.1, -0.05) is 0 Å². The quantitative estimate of drug-likeness (QED) is 0.908. The Morgan fingerprint density at radius 2 is 2.11 bits per heavy atom. The Bertz CT molecular complexity index is 498. The molecule has 1 aromatic rings. The molecule has 0 aromatic heterocycles. The minimum atomic E-state index is -0.550. The van der Waals surface area contributed by atoms with Gasteiger partial charge in [0.05, 0.1) is 19.6 Å². The van der Waals surface area contributed by atoms with Crippen molar-refractivity contribution in [3.05, 3.63) is 23.8 Å². The molecular formula is C14H18N2O3. The molecule has 0 aliphatic rings. The van der Waals surface area contributed by atoms with Crippen LogP contribution >= 0.6 is 0 Å². The molecule has 1 N–H and O–H groups in total. The highest BCUT2D eigenvalue weighted by Crippen LogP contribution is 2.23. The molecule has 0 bridgehead atoms. The van der Waals surface area contributed by atoms with E-state index in [1.807, 2.05) is 0 Å². The van der Waals surface area contributed by atoms with Crippen molar-refractivity contribution in [2.45, 2.75) is 32.8 Å². The van der Waals surface area contributed by atoms with Crippen LogP contribution in [0.1, 0.15) is 26.3 Å². The standard InChI is InChI=1S/C14H18N2O3/c1-14(2,3)19-13(17)16-11-5-6-12(18-4)10(9-11)7-8-15/h5-6,9H,7H2,1-4H3,(H,16,17). The number of methoxy groups -OCH3 is 1. The first-order valence-electron chi connectivity index (χ1n) is 5.89. The van der Waals surface area contributed by atoms with Gasteiger partial charge >= 0.3 is 6.09 Å². The van der Waals surface area contributed by atoms with Crippen LogP contribution in [-0.2, 0) is 11.2 Å². The molecule has 1 amide bonds. The third-order valence-corrected chi connectivity index (χ3v) is 2.20. The number of amides is 1. The second kappa shape index (κ2) is 6.10. The van der Waals surface area contributed by atoms with Crippen LogP contribution in [0.15, 0.2) is 18.2 Å². The summed E-state index contributed by atoms with van der Waals surface area (Å²) in [6, 6.07) is 7.16. The monoisotopic (exact) mass is 262 g/mol. The Balaban J connectivity index is 2.83. The Morgan fingerprint density at radius 1 is 1.42 bits per heavy atom. The summed E-state index contributed by atoms with van der Waals surface area (Å²) < 4.78 is 10.3. The number of nitrogens with one attached hydrogen (secondary N) is 1. The molecule has 0 fully saturated rings. The third kappa shape index (κ3) is 4.88. The van der Waals surface area contributed by atoms with Crippen molar-refractivity contribution in [1.29, 1.82) is 5.26 Å². The predicted molar refractivity (Wildman–Crippen MR) is 72.2 cm³/mol. The van der Waals surface area contributed by atoms with Crippen molar-refractivity contribution in [2.75, 3.05) is 12.4 Å². The van der Waals surface area contributed by atoms with Gasteiger partial charge in [-0.25, -0.2) is 4.79 Å². The number of rotatable bonds is 3. The van der Waals surface area contributed by atoms with Crippen molar-refractivity contribution in [3.63, 3.8) is 0 Å². The first kappa shape index (κ1) is 14.8. The fourth-order valence-corrected chi connectivity index (χ4v) is 1.50. The zero-order valence-corrected chi connectivity index (χ0v) is 11.6. The molecule has 0 saturated carbocycles. The minimum absolute atomic E-state index is 0.215. The third-order valence-electron chi connectivity index (χ3n) is 2.20. The van der Waals surface area contributed by atoms with E-state index in [2.05, 4.69) is 11.4 Å². The lowest BCUT2D eigenvalue weighted by atomic mass is 10.1. The van der Waals surface area contributed by atoms with Crippen molar-refractivity contribution in [2.24, 2.45) is 0 Å². The molecule has 5 heteroatoms. The molecule has 5 nitrogen and oxygen atoms in total. The van der Waals surface area contributed by atoms with E-state index in [1.165, 1.54) is 7.11 Å². The second-order valence-corrected chi connectivity index (χ2v) is 4.99. The van der Waals surface area contributed by atoms with Gasteiger partial charge in [-0.05, 0) is 39.0 Å². The van der Waals surface area contributed by atoms with Crippen LogP contribution in [0.5, 0.6) is 5.75 Å². The van der Waals surface area contributed by atoms with E-state index in [9.17, 15) is 4.79 Å². The number of carbonyl (C=O) groups is 1. The highest BCUT2D eigenvalue weighted by Gasteiger charge is 2.16. The number of ether oxygens (including phenoxy) is 2. The van der Waals surface area contributed by atoms with Crippen molar-refractivity contribution < 1.29 is 14.3 Å². The van der Waals surface area contributed by atoms with Crippen molar-refractivity contribution >= 4 is 11.8 Å². The summed E-state index contributed by atoms with van der Waals surface area (Å²) in [7, 11) is 1.54. The number of nitrogens with zero attached hydrogens (tertiary/aromatic N) is 1. The Kier molecular flexibility index (Phi) is 4.76. The van der Waals surface area contributed by atoms with Crippen molar-refractivity contribution in [3.8, 4) is 11.8 Å². The molecule has 0 aliphatic carbocycles. The number of benzene rings is 1. The summed E-state index contributed by atoms with van der Waals surface area (Å²) >= 11 is 0. The SMILES string of the molecule is COc1ccc(NC(=O)OC(C)(C)C)cc1CC#N. The smallest absolute Gasteiger partial charge is 0.412 e. The van der Waals surface area contributed by atoms with Gasteiger partial charge in [0.15, 0.2) is 0 Å². The lowest BCUT2D eigenvalue weighted by Gasteiger charge is -2.20. The number of carbonyl (C=O) groups excluding carboxylic acids is 1. The Hall–Kier alpha value is -2.22. The van der Waals surface area contributed by atoms with E-state index in [0.717, 1.165) is 5.56 Å². The molecule has 0 radical (unpaired) electrons. The van der Waals surface area contributed by atoms with E-state index in [4.69, 9.17) is 14.7 Å². The number of hydrogen-bond donors (Lipinski definition) is 1. The highest BCUT2D eigenvalue weighted by atomic mass is 16.6. The number of nitriles is 1. The molecule has 19 heavy (non-hydrogen) atoms. The van der Waals surface area contributed by atoms with E-state index in [0.29, 0.717) is 11.4 Å². The van der Waals surface area contributed by atoms with Crippen LogP contribution in [0.2, 0.25) is 0 Å². The molecule has 0 atom stereocenters. The Morgan fingerprint density at radius 3 is 2.63 bits per heavy atom. The molecule has 102 valence electrons. The average molecular weight is 262 g/mol. The molecule has 0 saturated heterocycles. The van der Waals surface area contributed by atoms with Gasteiger partial charge < -0.3 is 9.47 Å². The molecular weight excluding hydrogens is 244 g/mol. The fourth-order valence-electron chi connectivity index (χ4n) is 1.50. The van der Waals surface area contributed by atoms with Crippen LogP contribution < -0.4 is 10.1 Å². The van der Waals surface area contributed by atoms with E-state index in [-0.39, 0.29) is 6.42 Å². The predicted octanol–water partition coefficient (Wildman–Crippen LogP) is 3.11. The van der Waals surface area contributed by atoms with E-state index in [1.54, 1.807) is 39.0 Å². The van der Waals surface area contributed by atoms with Crippen molar-refractivity contribution in [1.82, 2.24) is 0 Å². The van der Waals surface area contributed by atoms with Gasteiger partial charge in [0, 0.05) is 11.3 Å². The maximum absolute atomic E-state index is 11.6. The van der Waals surface area contributed by atoms with Gasteiger partial charge in [0.1, 0.15) is 11.4 Å². The normalized spacial score (nSPS) is 10.5. The maximum atomic E-state index is 11.6. The zero-order chi connectivity index (χ0) is 14.5. The van der Waals surface area contributed by atoms with Gasteiger partial charge in [-0.15, -0.1) is 0 Å². The maximum Gasteiger partial charge on any atom is 0.412 e. The summed E-state index contributed by atoms with van der Waals surface area (Å²) in [6.07, 6.45) is -0.312. The minimum Gasteiger partial charge on any atom is -0.496 e. The van der Waals surface area contributed by atoms with Crippen LogP contribution in [0.4, 0.5) is 10.5 Å². The first-order chi connectivity index (χ1) is 8.85. The fraction of sp³-hybridized carbons (Fsp3) is 0.429. The average Bonchev–Trinajstić information content (AvgIpc) is 2.27. The van der Waals surface area contributed by atoms with Crippen LogP contribution in [0.25, 0.3) is 0 Å². The van der Waals surface area contributed by atoms with Gasteiger partial charge in [0.2, 0.25) is 0 Å². The Labute approximate surface area is 113 Å². The van der Waals surface area contributed by atoms with E-state index >= 15 is 0 Å².